The Balaban J connectivity index is 1.83. The molecule has 10 heteroatoms. The van der Waals surface area contributed by atoms with Crippen LogP contribution in [0.4, 0.5) is 18.9 Å². The second kappa shape index (κ2) is 9.59. The summed E-state index contributed by atoms with van der Waals surface area (Å²) in [6.45, 7) is 2.12. The molecule has 0 spiro atoms. The van der Waals surface area contributed by atoms with E-state index >= 15 is 0 Å². The van der Waals surface area contributed by atoms with Gasteiger partial charge in [0.05, 0.1) is 18.9 Å². The zero-order chi connectivity index (χ0) is 22.4. The van der Waals surface area contributed by atoms with Crippen LogP contribution in [0.15, 0.2) is 42.6 Å². The van der Waals surface area contributed by atoms with Gasteiger partial charge in [-0.05, 0) is 36.6 Å². The van der Waals surface area contributed by atoms with E-state index in [2.05, 4.69) is 27.5 Å². The largest absolute Gasteiger partial charge is 0.480 e. The van der Waals surface area contributed by atoms with Crippen LogP contribution in [0.1, 0.15) is 47.8 Å². The average Bonchev–Trinajstić information content (AvgIpc) is 3.21. The molecule has 0 unspecified atom stereocenters. The number of nitrogens with zero attached hydrogens (tertiary/aromatic N) is 4. The number of aryl methyl sites for hydroxylation is 1. The van der Waals surface area contributed by atoms with E-state index in [0.717, 1.165) is 37.4 Å². The highest BCUT2D eigenvalue weighted by Gasteiger charge is 2.41. The molecule has 0 aliphatic heterocycles. The van der Waals surface area contributed by atoms with E-state index in [0.29, 0.717) is 10.4 Å². The third kappa shape index (κ3) is 5.39. The number of carbonyl (C=O) groups excluding carboxylic acids is 1. The first kappa shape index (κ1) is 22.3. The summed E-state index contributed by atoms with van der Waals surface area (Å²) in [4.78, 5) is 12.6. The van der Waals surface area contributed by atoms with Gasteiger partial charge in [-0.15, -0.1) is 10.2 Å². The normalized spacial score (nSPS) is 11.4. The van der Waals surface area contributed by atoms with E-state index in [1.165, 1.54) is 19.2 Å². The molecule has 0 aliphatic carbocycles. The van der Waals surface area contributed by atoms with E-state index in [9.17, 15) is 18.0 Å². The maximum absolute atomic E-state index is 13.8. The van der Waals surface area contributed by atoms with Gasteiger partial charge >= 0.3 is 6.18 Å². The first-order valence-electron chi connectivity index (χ1n) is 9.77. The molecule has 7 nitrogen and oxygen atoms in total. The Morgan fingerprint density at radius 2 is 1.84 bits per heavy atom. The van der Waals surface area contributed by atoms with Crippen molar-refractivity contribution in [1.82, 2.24) is 20.0 Å². The van der Waals surface area contributed by atoms with Crippen molar-refractivity contribution in [2.75, 3.05) is 12.4 Å². The van der Waals surface area contributed by atoms with Gasteiger partial charge in [-0.25, -0.2) is 4.68 Å². The SMILES string of the molecule is CCCCCc1ccc(NC(=O)c2cnn(-c3ccc(OC)nn3)c2C(F)(F)F)cc1. The molecule has 0 saturated carbocycles. The summed E-state index contributed by atoms with van der Waals surface area (Å²) in [6.07, 6.45) is 0.240. The molecule has 164 valence electrons. The molecule has 0 radical (unpaired) electrons. The standard InChI is InChI=1S/C21H22F3N5O2/c1-3-4-5-6-14-7-9-15(10-8-14)26-20(30)16-13-25-29(19(16)21(22,23)24)17-11-12-18(31-2)28-27-17/h7-13H,3-6H2,1-2H3,(H,26,30). The maximum Gasteiger partial charge on any atom is 0.434 e. The lowest BCUT2D eigenvalue weighted by Crippen LogP contribution is -2.21. The van der Waals surface area contributed by atoms with Crippen LogP contribution in [0.2, 0.25) is 0 Å². The van der Waals surface area contributed by atoms with Gasteiger partial charge in [0, 0.05) is 11.8 Å². The van der Waals surface area contributed by atoms with Crippen LogP contribution in [0.5, 0.6) is 5.88 Å². The average molecular weight is 433 g/mol. The highest BCUT2D eigenvalue weighted by atomic mass is 19.4. The van der Waals surface area contributed by atoms with Crippen LogP contribution >= 0.6 is 0 Å². The molecular formula is C21H22F3N5O2. The van der Waals surface area contributed by atoms with Gasteiger partial charge in [-0.3, -0.25) is 4.79 Å². The number of anilines is 1. The molecule has 1 N–H and O–H groups in total. The van der Waals surface area contributed by atoms with E-state index < -0.39 is 23.3 Å². The topological polar surface area (TPSA) is 81.9 Å². The highest BCUT2D eigenvalue weighted by molar-refractivity contribution is 6.05. The molecular weight excluding hydrogens is 411 g/mol. The number of aromatic nitrogens is 4. The summed E-state index contributed by atoms with van der Waals surface area (Å²) < 4.78 is 46.7. The number of hydrogen-bond acceptors (Lipinski definition) is 5. The number of methoxy groups -OCH3 is 1. The number of hydrogen-bond donors (Lipinski definition) is 1. The first-order chi connectivity index (χ1) is 14.8. The number of rotatable bonds is 8. The second-order valence-electron chi connectivity index (χ2n) is 6.86. The second-order valence-corrected chi connectivity index (χ2v) is 6.86. The summed E-state index contributed by atoms with van der Waals surface area (Å²) in [5.41, 5.74) is -0.347. The molecule has 3 aromatic rings. The van der Waals surface area contributed by atoms with Gasteiger partial charge in [-0.1, -0.05) is 31.9 Å². The molecule has 3 rings (SSSR count). The fourth-order valence-electron chi connectivity index (χ4n) is 3.03. The Hall–Kier alpha value is -3.43. The third-order valence-corrected chi connectivity index (χ3v) is 4.62. The van der Waals surface area contributed by atoms with Gasteiger partial charge in [0.2, 0.25) is 5.88 Å². The van der Waals surface area contributed by atoms with Crippen LogP contribution in [0.3, 0.4) is 0 Å². The Bertz CT molecular complexity index is 1010. The molecule has 0 atom stereocenters. The van der Waals surface area contributed by atoms with Crippen LogP contribution in [-0.4, -0.2) is 33.0 Å². The minimum Gasteiger partial charge on any atom is -0.480 e. The predicted molar refractivity (Wildman–Crippen MR) is 108 cm³/mol. The Kier molecular flexibility index (Phi) is 6.88. The van der Waals surface area contributed by atoms with Crippen molar-refractivity contribution in [3.8, 4) is 11.7 Å². The van der Waals surface area contributed by atoms with Crippen LogP contribution in [-0.2, 0) is 12.6 Å². The van der Waals surface area contributed by atoms with Gasteiger partial charge < -0.3 is 10.1 Å². The zero-order valence-corrected chi connectivity index (χ0v) is 17.1. The highest BCUT2D eigenvalue weighted by Crippen LogP contribution is 2.33. The zero-order valence-electron chi connectivity index (χ0n) is 17.1. The lowest BCUT2D eigenvalue weighted by molar-refractivity contribution is -0.143. The molecule has 2 heterocycles. The molecule has 0 aliphatic rings. The smallest absolute Gasteiger partial charge is 0.434 e. The van der Waals surface area contributed by atoms with Gasteiger partial charge in [0.25, 0.3) is 5.91 Å². The summed E-state index contributed by atoms with van der Waals surface area (Å²) in [7, 11) is 1.36. The van der Waals surface area contributed by atoms with Crippen molar-refractivity contribution < 1.29 is 22.7 Å². The number of ether oxygens (including phenoxy) is 1. The predicted octanol–water partition coefficient (Wildman–Crippen LogP) is 4.67. The minimum atomic E-state index is -4.84. The van der Waals surface area contributed by atoms with Crippen LogP contribution in [0.25, 0.3) is 5.82 Å². The minimum absolute atomic E-state index is 0.139. The van der Waals surface area contributed by atoms with Crippen molar-refractivity contribution in [3.05, 3.63) is 59.4 Å². The molecule has 0 saturated heterocycles. The Labute approximate surface area is 177 Å². The number of alkyl halides is 3. The van der Waals surface area contributed by atoms with E-state index in [4.69, 9.17) is 4.74 Å². The number of unbranched alkanes of at least 4 members (excludes halogenated alkanes) is 2. The molecule has 0 fully saturated rings. The van der Waals surface area contributed by atoms with Crippen LogP contribution < -0.4 is 10.1 Å². The quantitative estimate of drug-likeness (QED) is 0.522. The summed E-state index contributed by atoms with van der Waals surface area (Å²) >= 11 is 0. The first-order valence-corrected chi connectivity index (χ1v) is 9.77. The number of nitrogens with one attached hydrogen (secondary N) is 1. The van der Waals surface area contributed by atoms with Crippen LogP contribution in [0, 0.1) is 0 Å². The lowest BCUT2D eigenvalue weighted by atomic mass is 10.1. The number of amides is 1. The Morgan fingerprint density at radius 3 is 2.42 bits per heavy atom. The van der Waals surface area contributed by atoms with Gasteiger partial charge in [0.1, 0.15) is 0 Å². The fourth-order valence-corrected chi connectivity index (χ4v) is 3.03. The Morgan fingerprint density at radius 1 is 1.10 bits per heavy atom. The van der Waals surface area contributed by atoms with Crippen molar-refractivity contribution >= 4 is 11.6 Å². The summed E-state index contributed by atoms with van der Waals surface area (Å²) in [6, 6.07) is 9.68. The van der Waals surface area contributed by atoms with Gasteiger partial charge in [0.15, 0.2) is 11.5 Å². The van der Waals surface area contributed by atoms with Gasteiger partial charge in [-0.2, -0.15) is 18.3 Å². The maximum atomic E-state index is 13.8. The molecule has 31 heavy (non-hydrogen) atoms. The van der Waals surface area contributed by atoms with Crippen molar-refractivity contribution in [3.63, 3.8) is 0 Å². The molecule has 0 bridgehead atoms. The monoisotopic (exact) mass is 433 g/mol. The van der Waals surface area contributed by atoms with Crippen molar-refractivity contribution in [2.45, 2.75) is 38.8 Å². The number of halogens is 3. The van der Waals surface area contributed by atoms with Crippen molar-refractivity contribution in [2.24, 2.45) is 0 Å². The summed E-state index contributed by atoms with van der Waals surface area (Å²) in [5.74, 6) is -0.969. The molecule has 1 aromatic carbocycles. The molecule has 2 aromatic heterocycles. The van der Waals surface area contributed by atoms with E-state index in [1.807, 2.05) is 12.1 Å². The third-order valence-electron chi connectivity index (χ3n) is 4.62. The number of carbonyl (C=O) groups is 1. The summed E-state index contributed by atoms with van der Waals surface area (Å²) in [5, 5.41) is 13.6. The van der Waals surface area contributed by atoms with E-state index in [1.54, 1.807) is 12.1 Å². The fraction of sp³-hybridized carbons (Fsp3) is 0.333. The molecule has 1 amide bonds. The van der Waals surface area contributed by atoms with Crippen molar-refractivity contribution in [1.29, 1.82) is 0 Å². The lowest BCUT2D eigenvalue weighted by Gasteiger charge is -2.12. The number of benzene rings is 1. The van der Waals surface area contributed by atoms with E-state index in [-0.39, 0.29) is 11.7 Å².